The first-order chi connectivity index (χ1) is 8.56. The molecule has 0 aliphatic carbocycles. The molecule has 2 aromatic rings. The van der Waals surface area contributed by atoms with Gasteiger partial charge in [0, 0.05) is 10.7 Å². The molecule has 0 unspecified atom stereocenters. The lowest BCUT2D eigenvalue weighted by molar-refractivity contribution is 0.586. The average Bonchev–Trinajstić information content (AvgIpc) is 2.30. The minimum absolute atomic E-state index is 0.138. The predicted octanol–water partition coefficient (Wildman–Crippen LogP) is 4.04. The molecule has 0 fully saturated rings. The lowest BCUT2D eigenvalue weighted by atomic mass is 10.2. The van der Waals surface area contributed by atoms with Gasteiger partial charge in [0.2, 0.25) is 0 Å². The molecule has 0 saturated heterocycles. The van der Waals surface area contributed by atoms with E-state index < -0.39 is 11.6 Å². The van der Waals surface area contributed by atoms with E-state index >= 15 is 0 Å². The predicted molar refractivity (Wildman–Crippen MR) is 70.4 cm³/mol. The van der Waals surface area contributed by atoms with Crippen molar-refractivity contribution >= 4 is 21.6 Å². The Hall–Kier alpha value is -1.49. The van der Waals surface area contributed by atoms with Crippen molar-refractivity contribution in [1.29, 1.82) is 0 Å². The van der Waals surface area contributed by atoms with Crippen LogP contribution in [0.5, 0.6) is 0 Å². The molecule has 0 radical (unpaired) electrons. The van der Waals surface area contributed by atoms with Crippen LogP contribution in [0.1, 0.15) is 11.3 Å². The summed E-state index contributed by atoms with van der Waals surface area (Å²) in [6.07, 6.45) is 1.71. The Bertz CT molecular complexity index is 532. The number of aromatic nitrogens is 1. The van der Waals surface area contributed by atoms with Crippen LogP contribution in [0.15, 0.2) is 34.9 Å². The van der Waals surface area contributed by atoms with Gasteiger partial charge >= 0.3 is 0 Å². The van der Waals surface area contributed by atoms with E-state index in [1.165, 1.54) is 12.1 Å². The zero-order chi connectivity index (χ0) is 13.1. The van der Waals surface area contributed by atoms with Gasteiger partial charge < -0.3 is 5.32 Å². The highest BCUT2D eigenvalue weighted by atomic mass is 79.9. The Labute approximate surface area is 112 Å². The molecule has 0 atom stereocenters. The molecule has 0 saturated carbocycles. The largest absolute Gasteiger partial charge is 0.375 e. The molecule has 0 aliphatic heterocycles. The molecule has 94 valence electrons. The van der Waals surface area contributed by atoms with Gasteiger partial charge in [0.05, 0.1) is 12.2 Å². The smallest absolute Gasteiger partial charge is 0.150 e. The van der Waals surface area contributed by atoms with Crippen LogP contribution >= 0.6 is 15.9 Å². The second kappa shape index (κ2) is 5.44. The molecule has 0 bridgehead atoms. The van der Waals surface area contributed by atoms with E-state index in [-0.39, 0.29) is 12.2 Å². The van der Waals surface area contributed by atoms with Crippen molar-refractivity contribution in [2.75, 3.05) is 5.32 Å². The van der Waals surface area contributed by atoms with E-state index in [1.807, 2.05) is 19.1 Å². The van der Waals surface area contributed by atoms with Crippen molar-refractivity contribution in [3.05, 3.63) is 57.8 Å². The summed E-state index contributed by atoms with van der Waals surface area (Å²) in [5.74, 6) is -1.26. The van der Waals surface area contributed by atoms with Gasteiger partial charge in [0.25, 0.3) is 0 Å². The summed E-state index contributed by atoms with van der Waals surface area (Å²) in [6, 6.07) is 6.15. The Morgan fingerprint density at radius 1 is 1.22 bits per heavy atom. The zero-order valence-electron chi connectivity index (χ0n) is 9.67. The Morgan fingerprint density at radius 3 is 2.44 bits per heavy atom. The molecule has 1 aromatic carbocycles. The lowest BCUT2D eigenvalue weighted by Crippen LogP contribution is -2.05. The SMILES string of the molecule is Cc1ccc(CNc2c(F)cc(Br)cc2F)nc1. The van der Waals surface area contributed by atoms with Gasteiger partial charge in [0.1, 0.15) is 17.3 Å². The minimum atomic E-state index is -0.631. The number of pyridine rings is 1. The van der Waals surface area contributed by atoms with E-state index in [1.54, 1.807) is 6.20 Å². The minimum Gasteiger partial charge on any atom is -0.375 e. The molecule has 1 aromatic heterocycles. The van der Waals surface area contributed by atoms with E-state index in [2.05, 4.69) is 26.2 Å². The number of aryl methyl sites for hydroxylation is 1. The van der Waals surface area contributed by atoms with Crippen LogP contribution in [-0.4, -0.2) is 4.98 Å². The molecular weight excluding hydrogens is 302 g/mol. The molecule has 0 aliphatic rings. The normalized spacial score (nSPS) is 10.4. The molecule has 1 N–H and O–H groups in total. The maximum atomic E-state index is 13.5. The van der Waals surface area contributed by atoms with E-state index in [0.29, 0.717) is 4.47 Å². The lowest BCUT2D eigenvalue weighted by Gasteiger charge is -2.09. The van der Waals surface area contributed by atoms with Crippen molar-refractivity contribution in [3.8, 4) is 0 Å². The number of anilines is 1. The number of benzene rings is 1. The fourth-order valence-corrected chi connectivity index (χ4v) is 1.89. The van der Waals surface area contributed by atoms with Crippen LogP contribution in [0, 0.1) is 18.6 Å². The first-order valence-electron chi connectivity index (χ1n) is 5.36. The van der Waals surface area contributed by atoms with Crippen molar-refractivity contribution in [1.82, 2.24) is 4.98 Å². The number of rotatable bonds is 3. The van der Waals surface area contributed by atoms with Crippen LogP contribution in [0.25, 0.3) is 0 Å². The topological polar surface area (TPSA) is 24.9 Å². The number of nitrogens with one attached hydrogen (secondary N) is 1. The molecular formula is C13H11BrF2N2. The fourth-order valence-electron chi connectivity index (χ4n) is 1.49. The average molecular weight is 313 g/mol. The number of hydrogen-bond acceptors (Lipinski definition) is 2. The number of nitrogens with zero attached hydrogens (tertiary/aromatic N) is 1. The molecule has 0 amide bonds. The molecule has 2 nitrogen and oxygen atoms in total. The molecule has 1 heterocycles. The van der Waals surface area contributed by atoms with Crippen LogP contribution in [0.2, 0.25) is 0 Å². The van der Waals surface area contributed by atoms with Crippen LogP contribution in [-0.2, 0) is 6.54 Å². The van der Waals surface area contributed by atoms with Gasteiger partial charge in [0.15, 0.2) is 0 Å². The highest BCUT2D eigenvalue weighted by molar-refractivity contribution is 9.10. The summed E-state index contributed by atoms with van der Waals surface area (Å²) < 4.78 is 27.4. The van der Waals surface area contributed by atoms with Crippen LogP contribution < -0.4 is 5.32 Å². The van der Waals surface area contributed by atoms with E-state index in [4.69, 9.17) is 0 Å². The third-order valence-corrected chi connectivity index (χ3v) is 2.88. The van der Waals surface area contributed by atoms with Gasteiger partial charge in [-0.1, -0.05) is 22.0 Å². The van der Waals surface area contributed by atoms with Crippen molar-refractivity contribution in [2.45, 2.75) is 13.5 Å². The van der Waals surface area contributed by atoms with Crippen molar-refractivity contribution in [2.24, 2.45) is 0 Å². The fraction of sp³-hybridized carbons (Fsp3) is 0.154. The van der Waals surface area contributed by atoms with Gasteiger partial charge in [-0.3, -0.25) is 4.98 Å². The van der Waals surface area contributed by atoms with Gasteiger partial charge in [-0.2, -0.15) is 0 Å². The first kappa shape index (κ1) is 13.0. The summed E-state index contributed by atoms with van der Waals surface area (Å²) in [4.78, 5) is 4.15. The van der Waals surface area contributed by atoms with Crippen LogP contribution in [0.4, 0.5) is 14.5 Å². The highest BCUT2D eigenvalue weighted by Gasteiger charge is 2.10. The Balaban J connectivity index is 2.13. The second-order valence-corrected chi connectivity index (χ2v) is 4.84. The van der Waals surface area contributed by atoms with Gasteiger partial charge in [-0.15, -0.1) is 0 Å². The van der Waals surface area contributed by atoms with E-state index in [0.717, 1.165) is 11.3 Å². The third kappa shape index (κ3) is 3.04. The standard InChI is InChI=1S/C13H11BrF2N2/c1-8-2-3-10(17-6-8)7-18-13-11(15)4-9(14)5-12(13)16/h2-6,18H,7H2,1H3. The summed E-state index contributed by atoms with van der Waals surface area (Å²) >= 11 is 3.03. The first-order valence-corrected chi connectivity index (χ1v) is 6.15. The van der Waals surface area contributed by atoms with Crippen molar-refractivity contribution in [3.63, 3.8) is 0 Å². The molecule has 2 rings (SSSR count). The zero-order valence-corrected chi connectivity index (χ0v) is 11.3. The number of hydrogen-bond donors (Lipinski definition) is 1. The highest BCUT2D eigenvalue weighted by Crippen LogP contribution is 2.24. The summed E-state index contributed by atoms with van der Waals surface area (Å²) in [5, 5.41) is 2.71. The van der Waals surface area contributed by atoms with Crippen LogP contribution in [0.3, 0.4) is 0 Å². The quantitative estimate of drug-likeness (QED) is 0.925. The van der Waals surface area contributed by atoms with Crippen molar-refractivity contribution < 1.29 is 8.78 Å². The summed E-state index contributed by atoms with van der Waals surface area (Å²) in [5.41, 5.74) is 1.63. The molecule has 18 heavy (non-hydrogen) atoms. The Kier molecular flexibility index (Phi) is 3.91. The third-order valence-electron chi connectivity index (χ3n) is 2.43. The molecule has 0 spiro atoms. The number of halogens is 3. The van der Waals surface area contributed by atoms with Gasteiger partial charge in [-0.05, 0) is 30.7 Å². The maximum Gasteiger partial charge on any atom is 0.150 e. The monoisotopic (exact) mass is 312 g/mol. The summed E-state index contributed by atoms with van der Waals surface area (Å²) in [6.45, 7) is 2.20. The van der Waals surface area contributed by atoms with Gasteiger partial charge in [-0.25, -0.2) is 8.78 Å². The summed E-state index contributed by atoms with van der Waals surface area (Å²) in [7, 11) is 0. The maximum absolute atomic E-state index is 13.5. The molecule has 5 heteroatoms. The van der Waals surface area contributed by atoms with E-state index in [9.17, 15) is 8.78 Å². The second-order valence-electron chi connectivity index (χ2n) is 3.92. The Morgan fingerprint density at radius 2 is 1.89 bits per heavy atom.